The van der Waals surface area contributed by atoms with Gasteiger partial charge >= 0.3 is 11.6 Å². The molecule has 2 aromatic carbocycles. The van der Waals surface area contributed by atoms with E-state index in [0.717, 1.165) is 16.7 Å². The van der Waals surface area contributed by atoms with Gasteiger partial charge in [0.2, 0.25) is 5.89 Å². The normalized spacial score (nSPS) is 10.9. The molecule has 0 saturated heterocycles. The summed E-state index contributed by atoms with van der Waals surface area (Å²) in [5.74, 6) is -0.0389. The summed E-state index contributed by atoms with van der Waals surface area (Å²) in [5, 5.41) is 10.8. The van der Waals surface area contributed by atoms with Gasteiger partial charge in [0.05, 0.1) is 7.11 Å². The van der Waals surface area contributed by atoms with Gasteiger partial charge in [-0.25, -0.2) is 4.79 Å². The number of benzene rings is 2. The number of hydrogen-bond donors (Lipinski definition) is 1. The van der Waals surface area contributed by atoms with E-state index in [1.165, 1.54) is 13.2 Å². The van der Waals surface area contributed by atoms with E-state index in [2.05, 4.69) is 15.5 Å². The van der Waals surface area contributed by atoms with Gasteiger partial charge in [0.15, 0.2) is 11.3 Å². The number of carbonyl (C=O) groups excluding carboxylic acids is 1. The zero-order valence-corrected chi connectivity index (χ0v) is 16.0. The van der Waals surface area contributed by atoms with Crippen LogP contribution in [0.15, 0.2) is 56.1 Å². The van der Waals surface area contributed by atoms with E-state index in [9.17, 15) is 9.59 Å². The van der Waals surface area contributed by atoms with Crippen molar-refractivity contribution in [3.05, 3.63) is 69.6 Å². The fourth-order valence-electron chi connectivity index (χ4n) is 3.09. The molecule has 146 valence electrons. The Bertz CT molecular complexity index is 1270. The molecule has 0 aliphatic rings. The van der Waals surface area contributed by atoms with Crippen molar-refractivity contribution in [1.29, 1.82) is 0 Å². The third kappa shape index (κ3) is 3.60. The van der Waals surface area contributed by atoms with Crippen molar-refractivity contribution in [3.8, 4) is 17.2 Å². The minimum Gasteiger partial charge on any atom is -0.493 e. The summed E-state index contributed by atoms with van der Waals surface area (Å²) in [6.45, 7) is 3.92. The smallest absolute Gasteiger partial charge is 0.349 e. The van der Waals surface area contributed by atoms with Crippen LogP contribution >= 0.6 is 0 Å². The highest BCUT2D eigenvalue weighted by molar-refractivity contribution is 6.04. The van der Waals surface area contributed by atoms with Crippen LogP contribution in [0.25, 0.3) is 22.4 Å². The van der Waals surface area contributed by atoms with Crippen molar-refractivity contribution in [2.24, 2.45) is 0 Å². The first-order valence-electron chi connectivity index (χ1n) is 8.79. The number of aromatic nitrogens is 2. The summed E-state index contributed by atoms with van der Waals surface area (Å²) in [5.41, 5.74) is 2.13. The summed E-state index contributed by atoms with van der Waals surface area (Å²) in [7, 11) is 1.47. The number of anilines is 1. The fraction of sp³-hybridized carbons (Fsp3) is 0.143. The second-order valence-electron chi connectivity index (χ2n) is 6.57. The molecule has 0 fully saturated rings. The molecule has 0 radical (unpaired) electrons. The Morgan fingerprint density at radius 3 is 2.52 bits per heavy atom. The number of nitrogens with one attached hydrogen (secondary N) is 1. The molecule has 0 saturated carbocycles. The van der Waals surface area contributed by atoms with Crippen molar-refractivity contribution >= 4 is 22.9 Å². The summed E-state index contributed by atoms with van der Waals surface area (Å²) in [6, 6.07) is 12.2. The third-order valence-corrected chi connectivity index (χ3v) is 4.30. The van der Waals surface area contributed by atoms with Crippen molar-refractivity contribution in [2.75, 3.05) is 12.4 Å². The van der Waals surface area contributed by atoms with E-state index in [4.69, 9.17) is 13.6 Å². The highest BCUT2D eigenvalue weighted by Crippen LogP contribution is 2.25. The van der Waals surface area contributed by atoms with E-state index in [0.29, 0.717) is 11.1 Å². The van der Waals surface area contributed by atoms with Crippen molar-refractivity contribution < 1.29 is 18.4 Å². The van der Waals surface area contributed by atoms with E-state index in [-0.39, 0.29) is 23.1 Å². The molecule has 0 bridgehead atoms. The Kier molecular flexibility index (Phi) is 4.59. The Morgan fingerprint density at radius 2 is 1.79 bits per heavy atom. The highest BCUT2D eigenvalue weighted by atomic mass is 16.5. The van der Waals surface area contributed by atoms with E-state index in [1.807, 2.05) is 32.0 Å². The van der Waals surface area contributed by atoms with Crippen LogP contribution in [0.5, 0.6) is 5.75 Å². The summed E-state index contributed by atoms with van der Waals surface area (Å²) in [4.78, 5) is 24.8. The monoisotopic (exact) mass is 391 g/mol. The molecule has 8 nitrogen and oxygen atoms in total. The minimum absolute atomic E-state index is 0.116. The highest BCUT2D eigenvalue weighted by Gasteiger charge is 2.18. The molecule has 0 aliphatic heterocycles. The van der Waals surface area contributed by atoms with Crippen LogP contribution in [0, 0.1) is 13.8 Å². The maximum Gasteiger partial charge on any atom is 0.349 e. The average Bonchev–Trinajstić information content (AvgIpc) is 3.14. The van der Waals surface area contributed by atoms with E-state index in [1.54, 1.807) is 18.2 Å². The zero-order chi connectivity index (χ0) is 20.5. The second kappa shape index (κ2) is 7.23. The van der Waals surface area contributed by atoms with Crippen LogP contribution in [-0.4, -0.2) is 23.2 Å². The lowest BCUT2D eigenvalue weighted by Gasteiger charge is -2.05. The van der Waals surface area contributed by atoms with Gasteiger partial charge in [-0.1, -0.05) is 34.4 Å². The molecule has 0 atom stereocenters. The van der Waals surface area contributed by atoms with Crippen LogP contribution in [0.2, 0.25) is 0 Å². The van der Waals surface area contributed by atoms with Gasteiger partial charge in [0, 0.05) is 10.9 Å². The van der Waals surface area contributed by atoms with E-state index >= 15 is 0 Å². The molecular formula is C21H17N3O5. The lowest BCUT2D eigenvalue weighted by molar-refractivity contribution is 0.102. The number of hydrogen-bond acceptors (Lipinski definition) is 7. The SMILES string of the molecule is COc1cccc2cc(C(=O)Nc3nnc(-c4cc(C)cc(C)c4)o3)c(=O)oc12. The Hall–Kier alpha value is -3.94. The molecule has 1 amide bonds. The number of carbonyl (C=O) groups is 1. The van der Waals surface area contributed by atoms with Gasteiger partial charge in [-0.3, -0.25) is 10.1 Å². The summed E-state index contributed by atoms with van der Waals surface area (Å²) >= 11 is 0. The first-order chi connectivity index (χ1) is 13.9. The molecule has 4 rings (SSSR count). The largest absolute Gasteiger partial charge is 0.493 e. The lowest BCUT2D eigenvalue weighted by Crippen LogP contribution is -2.20. The molecule has 2 aromatic heterocycles. The minimum atomic E-state index is -0.798. The van der Waals surface area contributed by atoms with Crippen LogP contribution < -0.4 is 15.7 Å². The molecule has 4 aromatic rings. The van der Waals surface area contributed by atoms with Gasteiger partial charge in [-0.05, 0) is 38.1 Å². The van der Waals surface area contributed by atoms with Crippen LogP contribution in [0.3, 0.4) is 0 Å². The Balaban J connectivity index is 1.63. The first kappa shape index (κ1) is 18.4. The molecular weight excluding hydrogens is 374 g/mol. The molecule has 1 N–H and O–H groups in total. The maximum absolute atomic E-state index is 12.6. The van der Waals surface area contributed by atoms with Crippen molar-refractivity contribution in [3.63, 3.8) is 0 Å². The predicted molar refractivity (Wildman–Crippen MR) is 106 cm³/mol. The number of nitrogens with zero attached hydrogens (tertiary/aromatic N) is 2. The number of rotatable bonds is 4. The topological polar surface area (TPSA) is 107 Å². The standard InChI is InChI=1S/C21H17N3O5/c1-11-7-12(2)9-14(8-11)19-23-24-21(29-19)22-18(25)15-10-13-5-4-6-16(27-3)17(13)28-20(15)26/h4-10H,1-3H3,(H,22,24,25). The molecule has 29 heavy (non-hydrogen) atoms. The van der Waals surface area contributed by atoms with Gasteiger partial charge in [0.25, 0.3) is 5.91 Å². The summed E-state index contributed by atoms with van der Waals surface area (Å²) in [6.07, 6.45) is 0. The van der Waals surface area contributed by atoms with Gasteiger partial charge in [-0.15, -0.1) is 5.10 Å². The zero-order valence-electron chi connectivity index (χ0n) is 16.0. The van der Waals surface area contributed by atoms with Crippen molar-refractivity contribution in [1.82, 2.24) is 10.2 Å². The first-order valence-corrected chi connectivity index (χ1v) is 8.79. The third-order valence-electron chi connectivity index (χ3n) is 4.30. The van der Waals surface area contributed by atoms with Crippen LogP contribution in [0.1, 0.15) is 21.5 Å². The molecule has 8 heteroatoms. The van der Waals surface area contributed by atoms with Crippen LogP contribution in [-0.2, 0) is 0 Å². The molecule has 0 spiro atoms. The molecule has 0 unspecified atom stereocenters. The molecule has 0 aliphatic carbocycles. The van der Waals surface area contributed by atoms with Gasteiger partial charge in [-0.2, -0.15) is 0 Å². The number of amides is 1. The average molecular weight is 391 g/mol. The number of fused-ring (bicyclic) bond motifs is 1. The molecule has 2 heterocycles. The van der Waals surface area contributed by atoms with Gasteiger partial charge < -0.3 is 13.6 Å². The van der Waals surface area contributed by atoms with Crippen LogP contribution in [0.4, 0.5) is 6.01 Å². The number of ether oxygens (including phenoxy) is 1. The van der Waals surface area contributed by atoms with Gasteiger partial charge in [0.1, 0.15) is 5.56 Å². The number of para-hydroxylation sites is 1. The number of methoxy groups -OCH3 is 1. The second-order valence-corrected chi connectivity index (χ2v) is 6.57. The quantitative estimate of drug-likeness (QED) is 0.528. The maximum atomic E-state index is 12.6. The Labute approximate surface area is 165 Å². The van der Waals surface area contributed by atoms with E-state index < -0.39 is 11.5 Å². The Morgan fingerprint density at radius 1 is 1.03 bits per heavy atom. The van der Waals surface area contributed by atoms with Crippen molar-refractivity contribution in [2.45, 2.75) is 13.8 Å². The lowest BCUT2D eigenvalue weighted by atomic mass is 10.1. The predicted octanol–water partition coefficient (Wildman–Crippen LogP) is 3.72. The summed E-state index contributed by atoms with van der Waals surface area (Å²) < 4.78 is 16.0. The fourth-order valence-corrected chi connectivity index (χ4v) is 3.09. The number of aryl methyl sites for hydroxylation is 2.